The molecule has 0 spiro atoms. The van der Waals surface area contributed by atoms with Crippen molar-refractivity contribution in [2.45, 2.75) is 37.8 Å². The van der Waals surface area contributed by atoms with Gasteiger partial charge in [-0.2, -0.15) is 0 Å². The van der Waals surface area contributed by atoms with Crippen LogP contribution < -0.4 is 10.1 Å². The van der Waals surface area contributed by atoms with Gasteiger partial charge in [0, 0.05) is 24.0 Å². The van der Waals surface area contributed by atoms with E-state index in [9.17, 15) is 13.6 Å². The lowest BCUT2D eigenvalue weighted by atomic mass is 9.92. The number of nitrogens with one attached hydrogen (secondary N) is 1. The second-order valence-electron chi connectivity index (χ2n) is 5.74. The average Bonchev–Trinajstić information content (AvgIpc) is 2.60. The second kappa shape index (κ2) is 7.33. The predicted octanol–water partition coefficient (Wildman–Crippen LogP) is 2.87. The van der Waals surface area contributed by atoms with Gasteiger partial charge in [0.15, 0.2) is 11.6 Å². The second-order valence-corrected chi connectivity index (χ2v) is 5.74. The smallest absolute Gasteiger partial charge is 0.251 e. The third kappa shape index (κ3) is 4.04. The minimum Gasteiger partial charge on any atom is -0.473 e. The number of benzene rings is 1. The standard InChI is InChI=1S/C17H17F2N3O2/c18-14-6-1-11(9-15(14)19)17(23)22-12-2-4-13(5-3-12)24-16-10-20-7-8-21-16/h1,6-10,12-13H,2-5H2,(H,22,23). The van der Waals surface area contributed by atoms with Crippen LogP contribution in [0.5, 0.6) is 5.88 Å². The topological polar surface area (TPSA) is 64.1 Å². The van der Waals surface area contributed by atoms with Gasteiger partial charge in [0.2, 0.25) is 5.88 Å². The van der Waals surface area contributed by atoms with Gasteiger partial charge in [0.05, 0.1) is 6.20 Å². The Kier molecular flexibility index (Phi) is 4.98. The number of hydrogen-bond donors (Lipinski definition) is 1. The Hall–Kier alpha value is -2.57. The summed E-state index contributed by atoms with van der Waals surface area (Å²) in [5.41, 5.74) is 0.117. The van der Waals surface area contributed by atoms with E-state index in [1.54, 1.807) is 18.6 Å². The van der Waals surface area contributed by atoms with E-state index in [0.717, 1.165) is 37.8 Å². The van der Waals surface area contributed by atoms with E-state index < -0.39 is 17.5 Å². The van der Waals surface area contributed by atoms with Crippen LogP contribution in [0.25, 0.3) is 0 Å². The van der Waals surface area contributed by atoms with Gasteiger partial charge in [-0.3, -0.25) is 9.78 Å². The number of rotatable bonds is 4. The van der Waals surface area contributed by atoms with Gasteiger partial charge in [0.1, 0.15) is 6.10 Å². The van der Waals surface area contributed by atoms with Crippen LogP contribution in [0, 0.1) is 11.6 Å². The Morgan fingerprint density at radius 3 is 2.58 bits per heavy atom. The van der Waals surface area contributed by atoms with Crippen molar-refractivity contribution in [3.63, 3.8) is 0 Å². The molecule has 1 aromatic carbocycles. The normalized spacial score (nSPS) is 20.4. The van der Waals surface area contributed by atoms with Gasteiger partial charge in [0.25, 0.3) is 5.91 Å². The van der Waals surface area contributed by atoms with Gasteiger partial charge in [-0.1, -0.05) is 0 Å². The minimum atomic E-state index is -1.02. The predicted molar refractivity (Wildman–Crippen MR) is 82.5 cm³/mol. The first-order chi connectivity index (χ1) is 11.6. The Morgan fingerprint density at radius 1 is 1.12 bits per heavy atom. The fraction of sp³-hybridized carbons (Fsp3) is 0.353. The monoisotopic (exact) mass is 333 g/mol. The highest BCUT2D eigenvalue weighted by Crippen LogP contribution is 2.23. The fourth-order valence-electron chi connectivity index (χ4n) is 2.75. The molecular formula is C17H17F2N3O2. The van der Waals surface area contributed by atoms with Crippen LogP contribution in [0.3, 0.4) is 0 Å². The number of ether oxygens (including phenoxy) is 1. The SMILES string of the molecule is O=C(NC1CCC(Oc2cnccn2)CC1)c1ccc(F)c(F)c1. The van der Waals surface area contributed by atoms with Gasteiger partial charge >= 0.3 is 0 Å². The lowest BCUT2D eigenvalue weighted by Gasteiger charge is -2.29. The molecule has 1 aliphatic rings. The number of halogens is 2. The summed E-state index contributed by atoms with van der Waals surface area (Å²) in [6, 6.07) is 3.13. The third-order valence-corrected chi connectivity index (χ3v) is 4.02. The minimum absolute atomic E-state index is 0.00711. The maximum atomic E-state index is 13.2. The molecule has 0 bridgehead atoms. The van der Waals surface area contributed by atoms with Crippen molar-refractivity contribution >= 4 is 5.91 Å². The number of nitrogens with zero attached hydrogens (tertiary/aromatic N) is 2. The summed E-state index contributed by atoms with van der Waals surface area (Å²) in [6.07, 6.45) is 7.81. The van der Waals surface area contributed by atoms with Crippen LogP contribution in [0.4, 0.5) is 8.78 Å². The first-order valence-corrected chi connectivity index (χ1v) is 7.80. The maximum absolute atomic E-state index is 13.2. The molecule has 1 saturated carbocycles. The number of aromatic nitrogens is 2. The molecule has 1 N–H and O–H groups in total. The molecule has 24 heavy (non-hydrogen) atoms. The molecule has 1 aromatic heterocycles. The molecule has 3 rings (SSSR count). The zero-order valence-corrected chi connectivity index (χ0v) is 12.9. The number of carbonyl (C=O) groups is 1. The Morgan fingerprint density at radius 2 is 1.92 bits per heavy atom. The van der Waals surface area contributed by atoms with E-state index in [1.165, 1.54) is 6.07 Å². The van der Waals surface area contributed by atoms with Gasteiger partial charge in [-0.15, -0.1) is 0 Å². The van der Waals surface area contributed by atoms with Crippen molar-refractivity contribution in [3.05, 3.63) is 54.0 Å². The number of hydrogen-bond acceptors (Lipinski definition) is 4. The first kappa shape index (κ1) is 16.3. The molecule has 5 nitrogen and oxygen atoms in total. The van der Waals surface area contributed by atoms with Crippen molar-refractivity contribution < 1.29 is 18.3 Å². The molecule has 0 aliphatic heterocycles. The number of amides is 1. The van der Waals surface area contributed by atoms with Crippen molar-refractivity contribution in [1.29, 1.82) is 0 Å². The molecule has 1 amide bonds. The van der Waals surface area contributed by atoms with Gasteiger partial charge in [-0.25, -0.2) is 13.8 Å². The Bertz CT molecular complexity index is 704. The van der Waals surface area contributed by atoms with E-state index in [0.29, 0.717) is 5.88 Å². The number of carbonyl (C=O) groups excluding carboxylic acids is 1. The lowest BCUT2D eigenvalue weighted by molar-refractivity contribution is 0.0889. The molecule has 0 radical (unpaired) electrons. The summed E-state index contributed by atoms with van der Waals surface area (Å²) in [5.74, 6) is -1.89. The van der Waals surface area contributed by atoms with E-state index in [1.807, 2.05) is 0 Å². The summed E-state index contributed by atoms with van der Waals surface area (Å²) in [5, 5.41) is 2.85. The molecule has 1 fully saturated rings. The van der Waals surface area contributed by atoms with Crippen molar-refractivity contribution in [2.75, 3.05) is 0 Å². The first-order valence-electron chi connectivity index (χ1n) is 7.80. The van der Waals surface area contributed by atoms with Crippen molar-refractivity contribution in [1.82, 2.24) is 15.3 Å². The Labute approximate surface area is 138 Å². The molecule has 2 aromatic rings. The van der Waals surface area contributed by atoms with Crippen LogP contribution >= 0.6 is 0 Å². The lowest BCUT2D eigenvalue weighted by Crippen LogP contribution is -2.39. The summed E-state index contributed by atoms with van der Waals surface area (Å²) in [7, 11) is 0. The molecule has 0 atom stereocenters. The molecule has 0 unspecified atom stereocenters. The highest BCUT2D eigenvalue weighted by atomic mass is 19.2. The van der Waals surface area contributed by atoms with Crippen LogP contribution in [-0.4, -0.2) is 28.0 Å². The van der Waals surface area contributed by atoms with Crippen LogP contribution in [0.2, 0.25) is 0 Å². The van der Waals surface area contributed by atoms with E-state index >= 15 is 0 Å². The van der Waals surface area contributed by atoms with Crippen LogP contribution in [0.1, 0.15) is 36.0 Å². The summed E-state index contributed by atoms with van der Waals surface area (Å²) < 4.78 is 31.9. The van der Waals surface area contributed by atoms with Crippen molar-refractivity contribution in [3.8, 4) is 5.88 Å². The third-order valence-electron chi connectivity index (χ3n) is 4.02. The zero-order valence-electron chi connectivity index (χ0n) is 12.9. The zero-order chi connectivity index (χ0) is 16.9. The molecule has 1 heterocycles. The molecule has 0 saturated heterocycles. The van der Waals surface area contributed by atoms with Gasteiger partial charge in [-0.05, 0) is 43.9 Å². The molecular weight excluding hydrogens is 316 g/mol. The summed E-state index contributed by atoms with van der Waals surface area (Å²) in [4.78, 5) is 20.1. The van der Waals surface area contributed by atoms with Crippen LogP contribution in [0.15, 0.2) is 36.8 Å². The molecule has 7 heteroatoms. The fourth-order valence-corrected chi connectivity index (χ4v) is 2.75. The maximum Gasteiger partial charge on any atom is 0.251 e. The van der Waals surface area contributed by atoms with Crippen molar-refractivity contribution in [2.24, 2.45) is 0 Å². The van der Waals surface area contributed by atoms with Crippen LogP contribution in [-0.2, 0) is 0 Å². The Balaban J connectivity index is 1.50. The van der Waals surface area contributed by atoms with E-state index in [-0.39, 0.29) is 17.7 Å². The largest absolute Gasteiger partial charge is 0.473 e. The highest BCUT2D eigenvalue weighted by Gasteiger charge is 2.24. The van der Waals surface area contributed by atoms with E-state index in [4.69, 9.17) is 4.74 Å². The summed E-state index contributed by atoms with van der Waals surface area (Å²) >= 11 is 0. The molecule has 126 valence electrons. The average molecular weight is 333 g/mol. The highest BCUT2D eigenvalue weighted by molar-refractivity contribution is 5.94. The molecule has 1 aliphatic carbocycles. The summed E-state index contributed by atoms with van der Waals surface area (Å²) in [6.45, 7) is 0. The van der Waals surface area contributed by atoms with Gasteiger partial charge < -0.3 is 10.1 Å². The van der Waals surface area contributed by atoms with E-state index in [2.05, 4.69) is 15.3 Å². The quantitative estimate of drug-likeness (QED) is 0.934.